The number of hydrogen-bond acceptors (Lipinski definition) is 5. The minimum absolute atomic E-state index is 0.0281. The molecule has 1 saturated heterocycles. The van der Waals surface area contributed by atoms with Gasteiger partial charge in [0.25, 0.3) is 0 Å². The highest BCUT2D eigenvalue weighted by molar-refractivity contribution is 7.99. The molecule has 6 heteroatoms. The van der Waals surface area contributed by atoms with Gasteiger partial charge in [0.05, 0.1) is 5.75 Å². The summed E-state index contributed by atoms with van der Waals surface area (Å²) in [7, 11) is 4.35. The predicted octanol–water partition coefficient (Wildman–Crippen LogP) is 3.48. The maximum Gasteiger partial charge on any atom is 0.234 e. The molecule has 1 aliphatic rings. The van der Waals surface area contributed by atoms with Crippen LogP contribution in [0.5, 0.6) is 0 Å². The smallest absolute Gasteiger partial charge is 0.234 e. The van der Waals surface area contributed by atoms with E-state index >= 15 is 0 Å². The van der Waals surface area contributed by atoms with Gasteiger partial charge in [0, 0.05) is 42.6 Å². The third-order valence-electron chi connectivity index (χ3n) is 5.02. The van der Waals surface area contributed by atoms with Crippen LogP contribution in [0.4, 0.5) is 11.4 Å². The first-order valence-corrected chi connectivity index (χ1v) is 10.6. The molecule has 1 N–H and O–H groups in total. The lowest BCUT2D eigenvalue weighted by molar-refractivity contribution is -0.113. The van der Waals surface area contributed by atoms with Crippen molar-refractivity contribution >= 4 is 29.0 Å². The highest BCUT2D eigenvalue weighted by Gasteiger charge is 2.20. The van der Waals surface area contributed by atoms with E-state index in [0.29, 0.717) is 11.8 Å². The fourth-order valence-corrected chi connectivity index (χ4v) is 4.08. The summed E-state index contributed by atoms with van der Waals surface area (Å²) >= 11 is 1.60. The van der Waals surface area contributed by atoms with E-state index in [4.69, 9.17) is 0 Å². The Balaban J connectivity index is 1.45. The van der Waals surface area contributed by atoms with Crippen molar-refractivity contribution in [1.82, 2.24) is 9.88 Å². The lowest BCUT2D eigenvalue weighted by Gasteiger charge is -2.36. The van der Waals surface area contributed by atoms with Crippen molar-refractivity contribution in [3.63, 3.8) is 0 Å². The molecule has 0 unspecified atom stereocenters. The molecule has 27 heavy (non-hydrogen) atoms. The maximum atomic E-state index is 12.1. The van der Waals surface area contributed by atoms with Gasteiger partial charge in [0.2, 0.25) is 5.91 Å². The summed E-state index contributed by atoms with van der Waals surface area (Å²) in [5.41, 5.74) is 3.19. The summed E-state index contributed by atoms with van der Waals surface area (Å²) < 4.78 is 0. The van der Waals surface area contributed by atoms with Crippen molar-refractivity contribution in [3.8, 4) is 0 Å². The highest BCUT2D eigenvalue weighted by Crippen LogP contribution is 2.23. The third-order valence-corrected chi connectivity index (χ3v) is 6.02. The van der Waals surface area contributed by atoms with Gasteiger partial charge in [-0.15, -0.1) is 11.8 Å². The molecule has 3 rings (SSSR count). The van der Waals surface area contributed by atoms with Crippen LogP contribution in [0.25, 0.3) is 0 Å². The molecule has 5 nitrogen and oxygen atoms in total. The van der Waals surface area contributed by atoms with Crippen LogP contribution in [0.15, 0.2) is 48.8 Å². The van der Waals surface area contributed by atoms with E-state index in [2.05, 4.69) is 46.3 Å². The van der Waals surface area contributed by atoms with Crippen molar-refractivity contribution in [2.75, 3.05) is 43.2 Å². The van der Waals surface area contributed by atoms with Crippen LogP contribution in [0.3, 0.4) is 0 Å². The van der Waals surface area contributed by atoms with Crippen LogP contribution < -0.4 is 10.2 Å². The van der Waals surface area contributed by atoms with Gasteiger partial charge in [-0.25, -0.2) is 0 Å². The number of hydrogen-bond donors (Lipinski definition) is 1. The monoisotopic (exact) mass is 384 g/mol. The third kappa shape index (κ3) is 5.97. The summed E-state index contributed by atoms with van der Waals surface area (Å²) in [6.45, 7) is 2.31. The largest absolute Gasteiger partial charge is 0.372 e. The predicted molar refractivity (Wildman–Crippen MR) is 114 cm³/mol. The van der Waals surface area contributed by atoms with E-state index in [1.165, 1.54) is 18.5 Å². The number of amides is 1. The molecule has 0 spiro atoms. The average Bonchev–Trinajstić information content (AvgIpc) is 2.69. The van der Waals surface area contributed by atoms with Crippen molar-refractivity contribution in [2.45, 2.75) is 24.6 Å². The topological polar surface area (TPSA) is 48.5 Å². The van der Waals surface area contributed by atoms with E-state index < -0.39 is 0 Å². The Hall–Kier alpha value is -2.05. The molecule has 1 aromatic carbocycles. The fourth-order valence-electron chi connectivity index (χ4n) is 3.32. The second-order valence-electron chi connectivity index (χ2n) is 7.09. The van der Waals surface area contributed by atoms with Gasteiger partial charge in [-0.3, -0.25) is 9.78 Å². The number of aromatic nitrogens is 1. The lowest BCUT2D eigenvalue weighted by atomic mass is 10.0. The Bertz CT molecular complexity index is 715. The number of carbonyl (C=O) groups excluding carboxylic acids is 1. The van der Waals surface area contributed by atoms with Gasteiger partial charge in [-0.2, -0.15) is 0 Å². The second kappa shape index (κ2) is 9.76. The molecule has 1 fully saturated rings. The summed E-state index contributed by atoms with van der Waals surface area (Å²) in [4.78, 5) is 21.0. The van der Waals surface area contributed by atoms with E-state index in [-0.39, 0.29) is 5.91 Å². The van der Waals surface area contributed by atoms with E-state index in [0.717, 1.165) is 30.1 Å². The van der Waals surface area contributed by atoms with Gasteiger partial charge in [0.15, 0.2) is 0 Å². The Morgan fingerprint density at radius 2 is 2.00 bits per heavy atom. The van der Waals surface area contributed by atoms with E-state index in [1.54, 1.807) is 18.0 Å². The minimum Gasteiger partial charge on any atom is -0.372 e. The Morgan fingerprint density at radius 1 is 1.26 bits per heavy atom. The number of benzene rings is 1. The van der Waals surface area contributed by atoms with Crippen LogP contribution >= 0.6 is 11.8 Å². The average molecular weight is 385 g/mol. The number of pyridine rings is 1. The Morgan fingerprint density at radius 3 is 2.67 bits per heavy atom. The fraction of sp³-hybridized carbons (Fsp3) is 0.429. The highest BCUT2D eigenvalue weighted by atomic mass is 32.2. The van der Waals surface area contributed by atoms with Crippen LogP contribution in [0.2, 0.25) is 0 Å². The van der Waals surface area contributed by atoms with Gasteiger partial charge >= 0.3 is 0 Å². The standard InChI is InChI=1S/C21H28N4OS/c1-24-12-9-20(10-13-24)25(2)19-7-5-18(6-8-19)23-21(26)16-27-15-17-4-3-11-22-14-17/h3-8,11,14,20H,9-10,12-13,15-16H2,1-2H3,(H,23,26). The molecule has 0 bridgehead atoms. The number of nitrogens with zero attached hydrogens (tertiary/aromatic N) is 3. The molecule has 1 amide bonds. The first kappa shape index (κ1) is 19.7. The van der Waals surface area contributed by atoms with Crippen molar-refractivity contribution in [2.24, 2.45) is 0 Å². The Labute approximate surface area is 166 Å². The van der Waals surface area contributed by atoms with Crippen molar-refractivity contribution < 1.29 is 4.79 Å². The first-order valence-electron chi connectivity index (χ1n) is 9.40. The molecular formula is C21H28N4OS. The molecule has 0 atom stereocenters. The zero-order chi connectivity index (χ0) is 19.1. The molecule has 1 aromatic heterocycles. The summed E-state index contributed by atoms with van der Waals surface area (Å²) in [5.74, 6) is 1.26. The van der Waals surface area contributed by atoms with Gasteiger partial charge in [-0.1, -0.05) is 6.07 Å². The normalized spacial score (nSPS) is 15.5. The molecule has 2 heterocycles. The van der Waals surface area contributed by atoms with E-state index in [9.17, 15) is 4.79 Å². The van der Waals surface area contributed by atoms with Gasteiger partial charge in [0.1, 0.15) is 0 Å². The summed E-state index contributed by atoms with van der Waals surface area (Å²) in [6.07, 6.45) is 5.98. The van der Waals surface area contributed by atoms with Crippen molar-refractivity contribution in [3.05, 3.63) is 54.4 Å². The molecule has 2 aromatic rings. The number of thioether (sulfide) groups is 1. The van der Waals surface area contributed by atoms with Crippen LogP contribution in [-0.2, 0) is 10.5 Å². The number of likely N-dealkylation sites (tertiary alicyclic amines) is 1. The van der Waals surface area contributed by atoms with Gasteiger partial charge in [-0.05, 0) is 68.9 Å². The van der Waals surface area contributed by atoms with E-state index in [1.807, 2.05) is 30.5 Å². The molecule has 0 aliphatic carbocycles. The number of nitrogens with one attached hydrogen (secondary N) is 1. The van der Waals surface area contributed by atoms with Gasteiger partial charge < -0.3 is 15.1 Å². The Kier molecular flexibility index (Phi) is 7.12. The summed E-state index contributed by atoms with van der Waals surface area (Å²) in [6, 6.07) is 12.7. The molecular weight excluding hydrogens is 356 g/mol. The molecule has 0 radical (unpaired) electrons. The van der Waals surface area contributed by atoms with Crippen LogP contribution in [0.1, 0.15) is 18.4 Å². The quantitative estimate of drug-likeness (QED) is 0.792. The first-order chi connectivity index (χ1) is 13.1. The number of rotatable bonds is 7. The maximum absolute atomic E-state index is 12.1. The van der Waals surface area contributed by atoms with Crippen LogP contribution in [-0.4, -0.2) is 54.8 Å². The minimum atomic E-state index is 0.0281. The summed E-state index contributed by atoms with van der Waals surface area (Å²) in [5, 5.41) is 2.98. The molecule has 1 aliphatic heterocycles. The molecule has 144 valence electrons. The zero-order valence-corrected chi connectivity index (χ0v) is 16.9. The number of anilines is 2. The SMILES string of the molecule is CN1CCC(N(C)c2ccc(NC(=O)CSCc3cccnc3)cc2)CC1. The number of piperidine rings is 1. The van der Waals surface area contributed by atoms with Crippen LogP contribution in [0, 0.1) is 0 Å². The second-order valence-corrected chi connectivity index (χ2v) is 8.08. The number of carbonyl (C=O) groups is 1. The van der Waals surface area contributed by atoms with Crippen molar-refractivity contribution in [1.29, 1.82) is 0 Å². The lowest BCUT2D eigenvalue weighted by Crippen LogP contribution is -2.41. The molecule has 0 saturated carbocycles. The zero-order valence-electron chi connectivity index (χ0n) is 16.1.